The second-order valence-corrected chi connectivity index (χ2v) is 3.85. The topological polar surface area (TPSA) is 0 Å². The van der Waals surface area contributed by atoms with E-state index in [1.54, 1.807) is 5.57 Å². The monoisotopic (exact) mass is 194 g/mol. The SMILES string of the molecule is CCC1=CC=CCC1.CCCCCC. The first-order valence-corrected chi connectivity index (χ1v) is 6.19. The van der Waals surface area contributed by atoms with Crippen molar-refractivity contribution in [2.75, 3.05) is 0 Å². The Labute approximate surface area is 90.1 Å². The Balaban J connectivity index is 0.000000255. The Morgan fingerprint density at radius 1 is 1.07 bits per heavy atom. The summed E-state index contributed by atoms with van der Waals surface area (Å²) in [4.78, 5) is 0. The highest BCUT2D eigenvalue weighted by molar-refractivity contribution is 5.16. The molecule has 0 unspecified atom stereocenters. The molecule has 0 spiro atoms. The van der Waals surface area contributed by atoms with Crippen molar-refractivity contribution in [3.63, 3.8) is 0 Å². The fourth-order valence-corrected chi connectivity index (χ4v) is 1.45. The van der Waals surface area contributed by atoms with Gasteiger partial charge in [-0.15, -0.1) is 0 Å². The molecule has 0 nitrogen and oxygen atoms in total. The van der Waals surface area contributed by atoms with E-state index in [2.05, 4.69) is 39.0 Å². The average Bonchev–Trinajstić information content (AvgIpc) is 2.28. The number of rotatable bonds is 4. The van der Waals surface area contributed by atoms with Gasteiger partial charge in [0.25, 0.3) is 0 Å². The molecule has 1 aliphatic carbocycles. The summed E-state index contributed by atoms with van der Waals surface area (Å²) in [6.45, 7) is 6.68. The first kappa shape index (κ1) is 13.5. The van der Waals surface area contributed by atoms with Gasteiger partial charge in [0.15, 0.2) is 0 Å². The standard InChI is InChI=1S/C8H12.C6H14/c1-2-8-6-4-3-5-7-8;1-3-5-6-4-2/h3-4,6H,2,5,7H2,1H3;3-6H2,1-2H3. The van der Waals surface area contributed by atoms with Gasteiger partial charge in [0.1, 0.15) is 0 Å². The summed E-state index contributed by atoms with van der Waals surface area (Å²) in [6, 6.07) is 0. The van der Waals surface area contributed by atoms with Crippen LogP contribution in [0.5, 0.6) is 0 Å². The van der Waals surface area contributed by atoms with E-state index in [9.17, 15) is 0 Å². The lowest BCUT2D eigenvalue weighted by molar-refractivity contribution is 0.702. The van der Waals surface area contributed by atoms with Gasteiger partial charge in [-0.3, -0.25) is 0 Å². The summed E-state index contributed by atoms with van der Waals surface area (Å²) < 4.78 is 0. The average molecular weight is 194 g/mol. The van der Waals surface area contributed by atoms with Gasteiger partial charge < -0.3 is 0 Å². The van der Waals surface area contributed by atoms with Gasteiger partial charge in [0.05, 0.1) is 0 Å². The molecule has 14 heavy (non-hydrogen) atoms. The summed E-state index contributed by atoms with van der Waals surface area (Å²) in [5.41, 5.74) is 1.59. The van der Waals surface area contributed by atoms with Gasteiger partial charge in [-0.05, 0) is 19.3 Å². The predicted octanol–water partition coefficient (Wildman–Crippen LogP) is 5.26. The minimum absolute atomic E-state index is 1.23. The maximum absolute atomic E-state index is 2.23. The molecule has 0 atom stereocenters. The van der Waals surface area contributed by atoms with Crippen LogP contribution in [0, 0.1) is 0 Å². The number of hydrogen-bond donors (Lipinski definition) is 0. The van der Waals surface area contributed by atoms with Gasteiger partial charge in [0, 0.05) is 0 Å². The molecule has 82 valence electrons. The minimum atomic E-state index is 1.23. The van der Waals surface area contributed by atoms with E-state index in [0.29, 0.717) is 0 Å². The summed E-state index contributed by atoms with van der Waals surface area (Å²) in [5.74, 6) is 0. The Kier molecular flexibility index (Phi) is 10.2. The molecule has 0 aliphatic heterocycles. The molecule has 0 aromatic rings. The minimum Gasteiger partial charge on any atom is -0.0842 e. The van der Waals surface area contributed by atoms with Crippen LogP contribution in [0.3, 0.4) is 0 Å². The Hall–Kier alpha value is -0.520. The largest absolute Gasteiger partial charge is 0.0842 e. The Morgan fingerprint density at radius 2 is 1.71 bits per heavy atom. The maximum atomic E-state index is 2.23. The lowest BCUT2D eigenvalue weighted by atomic mass is 10.0. The molecule has 0 N–H and O–H groups in total. The molecule has 0 radical (unpaired) electrons. The van der Waals surface area contributed by atoms with Gasteiger partial charge in [-0.1, -0.05) is 70.3 Å². The molecule has 0 saturated carbocycles. The van der Waals surface area contributed by atoms with Crippen LogP contribution < -0.4 is 0 Å². The van der Waals surface area contributed by atoms with Crippen LogP contribution in [-0.2, 0) is 0 Å². The second-order valence-electron chi connectivity index (χ2n) is 3.85. The number of unbranched alkanes of at least 4 members (excludes halogenated alkanes) is 3. The molecule has 0 bridgehead atoms. The van der Waals surface area contributed by atoms with Crippen LogP contribution in [0.4, 0.5) is 0 Å². The molecule has 1 aliphatic rings. The Bertz CT molecular complexity index is 159. The molecule has 0 aromatic heterocycles. The summed E-state index contributed by atoms with van der Waals surface area (Å²) in [7, 11) is 0. The molecular weight excluding hydrogens is 168 g/mol. The lowest BCUT2D eigenvalue weighted by Gasteiger charge is -2.03. The van der Waals surface area contributed by atoms with Crippen molar-refractivity contribution >= 4 is 0 Å². The zero-order chi connectivity index (χ0) is 10.6. The van der Waals surface area contributed by atoms with Crippen LogP contribution in [0.2, 0.25) is 0 Å². The maximum Gasteiger partial charge on any atom is -0.0282 e. The molecule has 1 rings (SSSR count). The summed E-state index contributed by atoms with van der Waals surface area (Å²) in [6.07, 6.45) is 15.9. The van der Waals surface area contributed by atoms with Crippen LogP contribution in [0.25, 0.3) is 0 Å². The number of allylic oxidation sites excluding steroid dienone is 4. The van der Waals surface area contributed by atoms with E-state index in [1.807, 2.05) is 0 Å². The zero-order valence-corrected chi connectivity index (χ0v) is 10.2. The molecule has 0 amide bonds. The van der Waals surface area contributed by atoms with E-state index in [-0.39, 0.29) is 0 Å². The van der Waals surface area contributed by atoms with Crippen molar-refractivity contribution in [2.24, 2.45) is 0 Å². The van der Waals surface area contributed by atoms with Crippen molar-refractivity contribution in [1.29, 1.82) is 0 Å². The highest BCUT2D eigenvalue weighted by Gasteiger charge is 1.93. The van der Waals surface area contributed by atoms with Crippen LogP contribution in [0.15, 0.2) is 23.8 Å². The van der Waals surface area contributed by atoms with E-state index in [0.717, 1.165) is 0 Å². The van der Waals surface area contributed by atoms with Gasteiger partial charge in [-0.25, -0.2) is 0 Å². The Morgan fingerprint density at radius 3 is 2.00 bits per heavy atom. The lowest BCUT2D eigenvalue weighted by Crippen LogP contribution is -1.83. The summed E-state index contributed by atoms with van der Waals surface area (Å²) in [5, 5.41) is 0. The van der Waals surface area contributed by atoms with E-state index in [1.165, 1.54) is 44.9 Å². The van der Waals surface area contributed by atoms with Crippen molar-refractivity contribution in [3.05, 3.63) is 23.8 Å². The molecular formula is C14H26. The normalized spacial score (nSPS) is 14.4. The quantitative estimate of drug-likeness (QED) is 0.535. The van der Waals surface area contributed by atoms with Crippen LogP contribution in [-0.4, -0.2) is 0 Å². The third kappa shape index (κ3) is 8.10. The van der Waals surface area contributed by atoms with Gasteiger partial charge in [-0.2, -0.15) is 0 Å². The molecule has 0 heteroatoms. The smallest absolute Gasteiger partial charge is 0.0282 e. The summed E-state index contributed by atoms with van der Waals surface area (Å²) >= 11 is 0. The number of hydrogen-bond acceptors (Lipinski definition) is 0. The molecule has 0 heterocycles. The highest BCUT2D eigenvalue weighted by Crippen LogP contribution is 2.13. The molecule has 0 saturated heterocycles. The van der Waals surface area contributed by atoms with Crippen molar-refractivity contribution < 1.29 is 0 Å². The highest BCUT2D eigenvalue weighted by atomic mass is 14.0. The van der Waals surface area contributed by atoms with E-state index in [4.69, 9.17) is 0 Å². The van der Waals surface area contributed by atoms with Crippen molar-refractivity contribution in [2.45, 2.75) is 65.7 Å². The zero-order valence-electron chi connectivity index (χ0n) is 10.2. The first-order chi connectivity index (χ1) is 6.85. The molecule has 0 aromatic carbocycles. The van der Waals surface area contributed by atoms with E-state index >= 15 is 0 Å². The van der Waals surface area contributed by atoms with Gasteiger partial charge >= 0.3 is 0 Å². The molecule has 0 fully saturated rings. The fraction of sp³-hybridized carbons (Fsp3) is 0.714. The first-order valence-electron chi connectivity index (χ1n) is 6.19. The third-order valence-corrected chi connectivity index (χ3v) is 2.51. The fourth-order valence-electron chi connectivity index (χ4n) is 1.45. The van der Waals surface area contributed by atoms with Crippen LogP contribution >= 0.6 is 0 Å². The van der Waals surface area contributed by atoms with Crippen molar-refractivity contribution in [3.8, 4) is 0 Å². The third-order valence-electron chi connectivity index (χ3n) is 2.51. The second kappa shape index (κ2) is 10.6. The van der Waals surface area contributed by atoms with Gasteiger partial charge in [0.2, 0.25) is 0 Å². The van der Waals surface area contributed by atoms with Crippen molar-refractivity contribution in [1.82, 2.24) is 0 Å². The van der Waals surface area contributed by atoms with Crippen LogP contribution in [0.1, 0.15) is 65.7 Å². The van der Waals surface area contributed by atoms with E-state index < -0.39 is 0 Å². The predicted molar refractivity (Wildman–Crippen MR) is 66.6 cm³/mol.